The Morgan fingerprint density at radius 3 is 3.00 bits per heavy atom. The van der Waals surface area contributed by atoms with E-state index in [0.29, 0.717) is 24.5 Å². The van der Waals surface area contributed by atoms with Crippen molar-refractivity contribution in [1.82, 2.24) is 9.78 Å². The van der Waals surface area contributed by atoms with Gasteiger partial charge >= 0.3 is 5.69 Å². The Kier molecular flexibility index (Phi) is 3.67. The van der Waals surface area contributed by atoms with E-state index in [1.807, 2.05) is 18.3 Å². The van der Waals surface area contributed by atoms with E-state index in [0.717, 1.165) is 6.42 Å². The minimum atomic E-state index is -0.345. The molecule has 0 aliphatic heterocycles. The molecule has 3 rings (SSSR count). The van der Waals surface area contributed by atoms with Gasteiger partial charge < -0.3 is 5.32 Å². The van der Waals surface area contributed by atoms with E-state index in [4.69, 9.17) is 0 Å². The van der Waals surface area contributed by atoms with Gasteiger partial charge in [0.2, 0.25) is 5.82 Å². The van der Waals surface area contributed by atoms with Crippen molar-refractivity contribution in [2.24, 2.45) is 7.05 Å². The Morgan fingerprint density at radius 1 is 1.52 bits per heavy atom. The molecule has 2 heterocycles. The van der Waals surface area contributed by atoms with Crippen molar-refractivity contribution in [2.75, 3.05) is 5.32 Å². The van der Waals surface area contributed by atoms with Crippen molar-refractivity contribution >= 4 is 22.8 Å². The van der Waals surface area contributed by atoms with Crippen LogP contribution < -0.4 is 5.32 Å². The largest absolute Gasteiger partial charge is 0.360 e. The number of thiophene rings is 1. The Bertz CT molecular complexity index is 668. The highest BCUT2D eigenvalue weighted by Crippen LogP contribution is 2.32. The summed E-state index contributed by atoms with van der Waals surface area (Å²) in [7, 11) is 1.74. The van der Waals surface area contributed by atoms with Crippen LogP contribution in [0.5, 0.6) is 0 Å². The number of fused-ring (bicyclic) bond motifs is 1. The molecule has 112 valence electrons. The first-order valence-electron chi connectivity index (χ1n) is 7.14. The Morgan fingerprint density at radius 2 is 2.33 bits per heavy atom. The molecule has 2 aromatic rings. The number of nitrogens with one attached hydrogen (secondary N) is 1. The first-order valence-corrected chi connectivity index (χ1v) is 7.96. The van der Waals surface area contributed by atoms with Crippen molar-refractivity contribution in [1.29, 1.82) is 0 Å². The van der Waals surface area contributed by atoms with Crippen LogP contribution in [0, 0.1) is 10.1 Å². The molecule has 0 unspecified atom stereocenters. The van der Waals surface area contributed by atoms with Gasteiger partial charge in [0.05, 0.1) is 11.5 Å². The first-order chi connectivity index (χ1) is 10.1. The molecule has 1 aliphatic rings. The molecule has 6 nitrogen and oxygen atoms in total. The molecule has 0 amide bonds. The quantitative estimate of drug-likeness (QED) is 0.680. The van der Waals surface area contributed by atoms with E-state index in [1.165, 1.54) is 28.2 Å². The van der Waals surface area contributed by atoms with Crippen LogP contribution in [0.15, 0.2) is 6.07 Å². The molecule has 7 heteroatoms. The van der Waals surface area contributed by atoms with E-state index in [2.05, 4.69) is 16.5 Å². The number of hydrogen-bond acceptors (Lipinski definition) is 5. The van der Waals surface area contributed by atoms with Gasteiger partial charge in [-0.1, -0.05) is 6.92 Å². The van der Waals surface area contributed by atoms with Gasteiger partial charge in [-0.05, 0) is 37.3 Å². The van der Waals surface area contributed by atoms with Crippen molar-refractivity contribution in [3.05, 3.63) is 37.2 Å². The lowest BCUT2D eigenvalue weighted by Crippen LogP contribution is -2.05. The third-order valence-electron chi connectivity index (χ3n) is 3.84. The number of rotatable bonds is 5. The SMILES string of the molecule is CCc1nn(C)c(NCc2cc3c(s2)CCC3)c1[N+](=O)[O-]. The third-order valence-corrected chi connectivity index (χ3v) is 5.07. The summed E-state index contributed by atoms with van der Waals surface area (Å²) in [5, 5.41) is 18.7. The van der Waals surface area contributed by atoms with Crippen LogP contribution in [-0.4, -0.2) is 14.7 Å². The molecule has 0 fully saturated rings. The van der Waals surface area contributed by atoms with Crippen LogP contribution in [0.2, 0.25) is 0 Å². The average Bonchev–Trinajstić information content (AvgIpc) is 3.08. The second kappa shape index (κ2) is 5.48. The second-order valence-electron chi connectivity index (χ2n) is 5.25. The third kappa shape index (κ3) is 2.53. The van der Waals surface area contributed by atoms with Crippen LogP contribution >= 0.6 is 11.3 Å². The molecule has 0 atom stereocenters. The summed E-state index contributed by atoms with van der Waals surface area (Å²) in [4.78, 5) is 13.6. The van der Waals surface area contributed by atoms with Gasteiger partial charge in [0, 0.05) is 16.8 Å². The Balaban J connectivity index is 1.81. The zero-order valence-electron chi connectivity index (χ0n) is 12.2. The van der Waals surface area contributed by atoms with Gasteiger partial charge in [-0.15, -0.1) is 11.3 Å². The van der Waals surface area contributed by atoms with E-state index >= 15 is 0 Å². The van der Waals surface area contributed by atoms with Gasteiger partial charge in [-0.25, -0.2) is 4.68 Å². The van der Waals surface area contributed by atoms with Gasteiger partial charge in [0.15, 0.2) is 0 Å². The van der Waals surface area contributed by atoms with Crippen molar-refractivity contribution in [3.63, 3.8) is 0 Å². The van der Waals surface area contributed by atoms with Crippen molar-refractivity contribution in [3.8, 4) is 0 Å². The summed E-state index contributed by atoms with van der Waals surface area (Å²) in [5.74, 6) is 0.491. The van der Waals surface area contributed by atoms with Crippen LogP contribution in [-0.2, 0) is 32.9 Å². The summed E-state index contributed by atoms with van der Waals surface area (Å²) in [5.41, 5.74) is 2.08. The van der Waals surface area contributed by atoms with Crippen molar-refractivity contribution < 1.29 is 4.92 Å². The minimum Gasteiger partial charge on any atom is -0.360 e. The Labute approximate surface area is 126 Å². The van der Waals surface area contributed by atoms with Gasteiger partial charge in [-0.3, -0.25) is 10.1 Å². The van der Waals surface area contributed by atoms with E-state index in [-0.39, 0.29) is 10.6 Å². The molecule has 0 aromatic carbocycles. The average molecular weight is 306 g/mol. The predicted octanol–water partition coefficient (Wildman–Crippen LogP) is 3.05. The zero-order chi connectivity index (χ0) is 15.0. The molecule has 0 spiro atoms. The highest BCUT2D eigenvalue weighted by Gasteiger charge is 2.25. The summed E-state index contributed by atoms with van der Waals surface area (Å²) >= 11 is 1.81. The summed E-state index contributed by atoms with van der Waals surface area (Å²) < 4.78 is 1.57. The maximum atomic E-state index is 11.3. The van der Waals surface area contributed by atoms with E-state index < -0.39 is 0 Å². The number of nitrogens with zero attached hydrogens (tertiary/aromatic N) is 3. The fourth-order valence-corrected chi connectivity index (χ4v) is 4.05. The molecular weight excluding hydrogens is 288 g/mol. The van der Waals surface area contributed by atoms with E-state index in [1.54, 1.807) is 11.7 Å². The molecule has 1 N–H and O–H groups in total. The van der Waals surface area contributed by atoms with Crippen molar-refractivity contribution in [2.45, 2.75) is 39.2 Å². The number of hydrogen-bond donors (Lipinski definition) is 1. The molecule has 1 aliphatic carbocycles. The fourth-order valence-electron chi connectivity index (χ4n) is 2.85. The number of aromatic nitrogens is 2. The van der Waals surface area contributed by atoms with Crippen LogP contribution in [0.25, 0.3) is 0 Å². The highest BCUT2D eigenvalue weighted by atomic mass is 32.1. The molecule has 2 aromatic heterocycles. The monoisotopic (exact) mass is 306 g/mol. The maximum Gasteiger partial charge on any atom is 0.333 e. The molecule has 21 heavy (non-hydrogen) atoms. The standard InChI is InChI=1S/C14H18N4O2S/c1-3-11-13(18(19)20)14(17(2)16-11)15-8-10-7-9-5-4-6-12(9)21-10/h7,15H,3-6,8H2,1-2H3. The highest BCUT2D eigenvalue weighted by molar-refractivity contribution is 7.12. The smallest absolute Gasteiger partial charge is 0.333 e. The van der Waals surface area contributed by atoms with Gasteiger partial charge in [-0.2, -0.15) is 5.10 Å². The number of anilines is 1. The van der Waals surface area contributed by atoms with Crippen LogP contribution in [0.4, 0.5) is 11.5 Å². The topological polar surface area (TPSA) is 73.0 Å². The minimum absolute atomic E-state index is 0.101. The van der Waals surface area contributed by atoms with Crippen LogP contribution in [0.3, 0.4) is 0 Å². The maximum absolute atomic E-state index is 11.3. The summed E-state index contributed by atoms with van der Waals surface area (Å²) in [6.45, 7) is 2.49. The summed E-state index contributed by atoms with van der Waals surface area (Å²) in [6.07, 6.45) is 4.14. The zero-order valence-corrected chi connectivity index (χ0v) is 13.0. The number of nitro groups is 1. The van der Waals surface area contributed by atoms with E-state index in [9.17, 15) is 10.1 Å². The van der Waals surface area contributed by atoms with Crippen LogP contribution in [0.1, 0.15) is 34.4 Å². The fraction of sp³-hybridized carbons (Fsp3) is 0.500. The molecule has 0 saturated heterocycles. The molecule has 0 radical (unpaired) electrons. The van der Waals surface area contributed by atoms with Gasteiger partial charge in [0.1, 0.15) is 5.69 Å². The Hall–Kier alpha value is -1.89. The summed E-state index contributed by atoms with van der Waals surface area (Å²) in [6, 6.07) is 2.23. The van der Waals surface area contributed by atoms with Gasteiger partial charge in [0.25, 0.3) is 0 Å². The first kappa shape index (κ1) is 14.1. The second-order valence-corrected chi connectivity index (χ2v) is 6.47. The molecular formula is C14H18N4O2S. The lowest BCUT2D eigenvalue weighted by atomic mass is 10.2. The predicted molar refractivity (Wildman–Crippen MR) is 82.9 cm³/mol. The molecule has 0 saturated carbocycles. The normalized spacial score (nSPS) is 13.4. The lowest BCUT2D eigenvalue weighted by Gasteiger charge is -2.04. The number of aryl methyl sites for hydroxylation is 4. The lowest BCUT2D eigenvalue weighted by molar-refractivity contribution is -0.384. The molecule has 0 bridgehead atoms.